The Labute approximate surface area is 236 Å². The number of halogens is 1. The summed E-state index contributed by atoms with van der Waals surface area (Å²) in [5.74, 6) is 0.0396. The van der Waals surface area contributed by atoms with Crippen LogP contribution < -0.4 is 20.3 Å². The normalized spacial score (nSPS) is 14.8. The maximum Gasteiger partial charge on any atom is 0.264 e. The lowest BCUT2D eigenvalue weighted by molar-refractivity contribution is -0.120. The minimum absolute atomic E-state index is 0.0612. The van der Waals surface area contributed by atoms with Gasteiger partial charge < -0.3 is 20.3 Å². The molecule has 1 heterocycles. The van der Waals surface area contributed by atoms with Crippen LogP contribution in [0, 0.1) is 5.82 Å². The first-order chi connectivity index (χ1) is 19.3. The van der Waals surface area contributed by atoms with E-state index in [2.05, 4.69) is 10.6 Å². The van der Waals surface area contributed by atoms with E-state index in [-0.39, 0.29) is 24.2 Å². The summed E-state index contributed by atoms with van der Waals surface area (Å²) in [4.78, 5) is 28.4. The van der Waals surface area contributed by atoms with Crippen molar-refractivity contribution in [3.8, 4) is 5.75 Å². The van der Waals surface area contributed by atoms with Crippen LogP contribution in [0.5, 0.6) is 5.75 Å². The molecule has 40 heavy (non-hydrogen) atoms. The molecule has 0 aliphatic carbocycles. The molecule has 1 aliphatic rings. The number of fused-ring (bicyclic) bond motifs is 1. The van der Waals surface area contributed by atoms with Crippen LogP contribution in [0.15, 0.2) is 72.8 Å². The molecular formula is C33H40FN3O3. The number of nitrogens with one attached hydrogen (secondary N) is 2. The van der Waals surface area contributed by atoms with Crippen LogP contribution in [-0.2, 0) is 16.8 Å². The first kappa shape index (κ1) is 29.3. The predicted molar refractivity (Wildman–Crippen MR) is 157 cm³/mol. The molecule has 0 saturated carbocycles. The molecule has 1 aliphatic heterocycles. The SMILES string of the molecule is CC(C)(CNC(=O)c1ccc2c(c1)CNCCCCCCCN2C(=O)COc1ccccc1)c1cccc(F)c1. The summed E-state index contributed by atoms with van der Waals surface area (Å²) in [5, 5.41) is 6.51. The van der Waals surface area contributed by atoms with Gasteiger partial charge in [-0.15, -0.1) is 0 Å². The van der Waals surface area contributed by atoms with E-state index < -0.39 is 5.41 Å². The van der Waals surface area contributed by atoms with Crippen LogP contribution in [0.1, 0.15) is 67.4 Å². The number of carbonyl (C=O) groups is 2. The number of amides is 2. The number of hydrogen-bond acceptors (Lipinski definition) is 4. The van der Waals surface area contributed by atoms with E-state index in [0.29, 0.717) is 30.9 Å². The third kappa shape index (κ3) is 8.15. The van der Waals surface area contributed by atoms with Gasteiger partial charge in [-0.25, -0.2) is 4.39 Å². The average molecular weight is 546 g/mol. The van der Waals surface area contributed by atoms with Gasteiger partial charge in [-0.05, 0) is 73.0 Å². The van der Waals surface area contributed by atoms with E-state index >= 15 is 0 Å². The Balaban J connectivity index is 1.52. The van der Waals surface area contributed by atoms with Crippen molar-refractivity contribution in [3.63, 3.8) is 0 Å². The second-order valence-electron chi connectivity index (χ2n) is 11.0. The van der Waals surface area contributed by atoms with Gasteiger partial charge in [0, 0.05) is 36.3 Å². The Bertz CT molecular complexity index is 1280. The third-order valence-corrected chi connectivity index (χ3v) is 7.39. The summed E-state index contributed by atoms with van der Waals surface area (Å²) in [5.41, 5.74) is 2.59. The fraction of sp³-hybridized carbons (Fsp3) is 0.394. The van der Waals surface area contributed by atoms with Gasteiger partial charge in [0.15, 0.2) is 6.61 Å². The third-order valence-electron chi connectivity index (χ3n) is 7.39. The number of anilines is 1. The zero-order valence-electron chi connectivity index (χ0n) is 23.5. The van der Waals surface area contributed by atoms with Crippen LogP contribution in [-0.4, -0.2) is 38.1 Å². The van der Waals surface area contributed by atoms with E-state index in [1.807, 2.05) is 62.4 Å². The number of rotatable bonds is 7. The summed E-state index contributed by atoms with van der Waals surface area (Å²) < 4.78 is 19.6. The predicted octanol–water partition coefficient (Wildman–Crippen LogP) is 6.00. The molecule has 6 nitrogen and oxygen atoms in total. The van der Waals surface area contributed by atoms with Crippen molar-refractivity contribution in [2.24, 2.45) is 0 Å². The average Bonchev–Trinajstić information content (AvgIpc) is 2.95. The summed E-state index contributed by atoms with van der Waals surface area (Å²) in [6.45, 7) is 6.27. The highest BCUT2D eigenvalue weighted by Crippen LogP contribution is 2.26. The van der Waals surface area contributed by atoms with Crippen molar-refractivity contribution >= 4 is 17.5 Å². The van der Waals surface area contributed by atoms with Crippen LogP contribution in [0.3, 0.4) is 0 Å². The number of para-hydroxylation sites is 1. The molecule has 0 spiro atoms. The Hall–Kier alpha value is -3.71. The fourth-order valence-electron chi connectivity index (χ4n) is 4.94. The maximum atomic E-state index is 13.8. The first-order valence-electron chi connectivity index (χ1n) is 14.2. The van der Waals surface area contributed by atoms with Crippen LogP contribution in [0.25, 0.3) is 0 Å². The van der Waals surface area contributed by atoms with Crippen molar-refractivity contribution in [1.82, 2.24) is 10.6 Å². The van der Waals surface area contributed by atoms with Crippen LogP contribution in [0.4, 0.5) is 10.1 Å². The van der Waals surface area contributed by atoms with Gasteiger partial charge >= 0.3 is 0 Å². The minimum Gasteiger partial charge on any atom is -0.484 e. The van der Waals surface area contributed by atoms with Gasteiger partial charge in [-0.1, -0.05) is 63.4 Å². The van der Waals surface area contributed by atoms with Crippen molar-refractivity contribution in [3.05, 3.63) is 95.3 Å². The second-order valence-corrected chi connectivity index (χ2v) is 11.0. The first-order valence-corrected chi connectivity index (χ1v) is 14.2. The van der Waals surface area contributed by atoms with E-state index in [1.54, 1.807) is 17.0 Å². The summed E-state index contributed by atoms with van der Waals surface area (Å²) in [6.07, 6.45) is 5.34. The van der Waals surface area contributed by atoms with E-state index in [1.165, 1.54) is 12.1 Å². The highest BCUT2D eigenvalue weighted by Gasteiger charge is 2.24. The fourth-order valence-corrected chi connectivity index (χ4v) is 4.94. The monoisotopic (exact) mass is 545 g/mol. The van der Waals surface area contributed by atoms with Gasteiger partial charge in [-0.3, -0.25) is 9.59 Å². The largest absolute Gasteiger partial charge is 0.484 e. The molecule has 0 fully saturated rings. The van der Waals surface area contributed by atoms with Crippen molar-refractivity contribution in [2.45, 2.75) is 57.9 Å². The number of benzene rings is 3. The Kier molecular flexibility index (Phi) is 10.3. The molecule has 0 bridgehead atoms. The topological polar surface area (TPSA) is 70.7 Å². The number of hydrogen-bond donors (Lipinski definition) is 2. The lowest BCUT2D eigenvalue weighted by Crippen LogP contribution is -2.38. The molecule has 0 unspecified atom stereocenters. The molecule has 3 aromatic rings. The molecule has 212 valence electrons. The molecule has 7 heteroatoms. The van der Waals surface area contributed by atoms with Crippen molar-refractivity contribution in [1.29, 1.82) is 0 Å². The zero-order chi connectivity index (χ0) is 28.4. The number of nitrogens with zero attached hydrogens (tertiary/aromatic N) is 1. The Morgan fingerprint density at radius 1 is 0.950 bits per heavy atom. The van der Waals surface area contributed by atoms with Crippen LogP contribution in [0.2, 0.25) is 0 Å². The van der Waals surface area contributed by atoms with Gasteiger partial charge in [0.05, 0.1) is 0 Å². The maximum absolute atomic E-state index is 13.8. The highest BCUT2D eigenvalue weighted by atomic mass is 19.1. The van der Waals surface area contributed by atoms with Gasteiger partial charge in [0.2, 0.25) is 0 Å². The van der Waals surface area contributed by atoms with E-state index in [4.69, 9.17) is 4.74 Å². The molecule has 0 atom stereocenters. The number of ether oxygens (including phenoxy) is 1. The smallest absolute Gasteiger partial charge is 0.264 e. The minimum atomic E-state index is -0.447. The van der Waals surface area contributed by atoms with Crippen LogP contribution >= 0.6 is 0 Å². The van der Waals surface area contributed by atoms with Crippen molar-refractivity contribution in [2.75, 3.05) is 31.1 Å². The molecule has 2 amide bonds. The Morgan fingerprint density at radius 2 is 1.73 bits per heavy atom. The molecule has 0 saturated heterocycles. The standard InChI is InChI=1S/C33H40FN3O3/c1-33(2,27-12-11-13-28(34)21-27)24-36-32(39)25-16-17-30-26(20-25)22-35-18-9-4-3-5-10-19-37(30)31(38)23-40-29-14-7-6-8-15-29/h6-8,11-17,20-21,35H,3-5,9-10,18-19,22-24H2,1-2H3,(H,36,39). The molecule has 0 aromatic heterocycles. The molecule has 2 N–H and O–H groups in total. The highest BCUT2D eigenvalue weighted by molar-refractivity contribution is 5.98. The molecular weight excluding hydrogens is 505 g/mol. The molecule has 4 rings (SSSR count). The summed E-state index contributed by atoms with van der Waals surface area (Å²) >= 11 is 0. The van der Waals surface area contributed by atoms with E-state index in [0.717, 1.165) is 55.5 Å². The van der Waals surface area contributed by atoms with Gasteiger partial charge in [-0.2, -0.15) is 0 Å². The summed E-state index contributed by atoms with van der Waals surface area (Å²) in [7, 11) is 0. The lowest BCUT2D eigenvalue weighted by Gasteiger charge is -2.27. The van der Waals surface area contributed by atoms with Gasteiger partial charge in [0.25, 0.3) is 11.8 Å². The summed E-state index contributed by atoms with van der Waals surface area (Å²) in [6, 6.07) is 21.3. The molecule has 0 radical (unpaired) electrons. The quantitative estimate of drug-likeness (QED) is 0.382. The lowest BCUT2D eigenvalue weighted by atomic mass is 9.84. The van der Waals surface area contributed by atoms with E-state index in [9.17, 15) is 14.0 Å². The second kappa shape index (κ2) is 14.1. The number of carbonyl (C=O) groups excluding carboxylic acids is 2. The van der Waals surface area contributed by atoms with Crippen molar-refractivity contribution < 1.29 is 18.7 Å². The van der Waals surface area contributed by atoms with Gasteiger partial charge in [0.1, 0.15) is 11.6 Å². The molecule has 3 aromatic carbocycles. The Morgan fingerprint density at radius 3 is 2.52 bits per heavy atom. The zero-order valence-corrected chi connectivity index (χ0v) is 23.5.